The van der Waals surface area contributed by atoms with E-state index in [9.17, 15) is 9.59 Å². The molecule has 0 atom stereocenters. The highest BCUT2D eigenvalue weighted by molar-refractivity contribution is 6.33. The number of carboxylic acids is 1. The lowest BCUT2D eigenvalue weighted by Crippen LogP contribution is -2.13. The van der Waals surface area contributed by atoms with Gasteiger partial charge in [0.1, 0.15) is 0 Å². The molecule has 1 aromatic rings. The average molecular weight is 243 g/mol. The van der Waals surface area contributed by atoms with Crippen molar-refractivity contribution in [3.05, 3.63) is 23.4 Å². The lowest BCUT2D eigenvalue weighted by Gasteiger charge is -2.04. The zero-order valence-electron chi connectivity index (χ0n) is 8.44. The molecule has 16 heavy (non-hydrogen) atoms. The third-order valence-corrected chi connectivity index (χ3v) is 2.12. The Balaban J connectivity index is 2.40. The summed E-state index contributed by atoms with van der Waals surface area (Å²) in [5, 5.41) is 11.3. The van der Waals surface area contributed by atoms with Gasteiger partial charge < -0.3 is 10.4 Å². The van der Waals surface area contributed by atoms with Crippen LogP contribution >= 0.6 is 11.6 Å². The molecule has 0 aliphatic heterocycles. The van der Waals surface area contributed by atoms with Gasteiger partial charge in [0.15, 0.2) is 5.82 Å². The van der Waals surface area contributed by atoms with Crippen molar-refractivity contribution in [3.63, 3.8) is 0 Å². The molecule has 0 radical (unpaired) electrons. The minimum atomic E-state index is -0.913. The van der Waals surface area contributed by atoms with E-state index in [1.165, 1.54) is 6.20 Å². The number of aromatic nitrogens is 1. The maximum atomic E-state index is 11.3. The van der Waals surface area contributed by atoms with Crippen molar-refractivity contribution in [1.29, 1.82) is 0 Å². The second-order valence-corrected chi connectivity index (χ2v) is 3.54. The Labute approximate surface area is 97.4 Å². The van der Waals surface area contributed by atoms with E-state index in [-0.39, 0.29) is 18.7 Å². The average Bonchev–Trinajstić information content (AvgIpc) is 2.21. The number of rotatable bonds is 5. The molecule has 0 aliphatic carbocycles. The van der Waals surface area contributed by atoms with E-state index in [0.29, 0.717) is 17.3 Å². The molecule has 0 aromatic carbocycles. The quantitative estimate of drug-likeness (QED) is 0.827. The molecule has 0 spiro atoms. The monoisotopic (exact) mass is 242 g/mol. The number of carbonyl (C=O) groups is 2. The van der Waals surface area contributed by atoms with Crippen LogP contribution in [0, 0.1) is 0 Å². The number of nitrogens with zero attached hydrogens (tertiary/aromatic N) is 1. The molecule has 1 amide bonds. The first-order valence-corrected chi connectivity index (χ1v) is 5.09. The number of hydrogen-bond acceptors (Lipinski definition) is 3. The normalized spacial score (nSPS) is 9.81. The highest BCUT2D eigenvalue weighted by Crippen LogP contribution is 2.17. The third-order valence-electron chi connectivity index (χ3n) is 1.81. The van der Waals surface area contributed by atoms with Crippen LogP contribution in [0.5, 0.6) is 0 Å². The maximum absolute atomic E-state index is 11.3. The molecular weight excluding hydrogens is 232 g/mol. The fourth-order valence-electron chi connectivity index (χ4n) is 1.07. The first kappa shape index (κ1) is 12.4. The van der Waals surface area contributed by atoms with Gasteiger partial charge in [0.2, 0.25) is 5.91 Å². The fourth-order valence-corrected chi connectivity index (χ4v) is 1.24. The summed E-state index contributed by atoms with van der Waals surface area (Å²) < 4.78 is 0. The highest BCUT2D eigenvalue weighted by Gasteiger charge is 2.07. The summed E-state index contributed by atoms with van der Waals surface area (Å²) in [6.45, 7) is 0. The smallest absolute Gasteiger partial charge is 0.303 e. The molecule has 0 aliphatic rings. The summed E-state index contributed by atoms with van der Waals surface area (Å²) in [7, 11) is 0. The molecule has 1 rings (SSSR count). The number of nitrogens with one attached hydrogen (secondary N) is 1. The molecule has 1 aromatic heterocycles. The van der Waals surface area contributed by atoms with Crippen LogP contribution < -0.4 is 5.32 Å². The zero-order valence-corrected chi connectivity index (χ0v) is 9.20. The number of pyridine rings is 1. The van der Waals surface area contributed by atoms with Crippen molar-refractivity contribution >= 4 is 29.3 Å². The van der Waals surface area contributed by atoms with Gasteiger partial charge in [-0.25, -0.2) is 4.98 Å². The lowest BCUT2D eigenvalue weighted by molar-refractivity contribution is -0.137. The number of hydrogen-bond donors (Lipinski definition) is 2. The molecule has 6 heteroatoms. The van der Waals surface area contributed by atoms with E-state index >= 15 is 0 Å². The molecular formula is C10H11ClN2O3. The van der Waals surface area contributed by atoms with Crippen molar-refractivity contribution < 1.29 is 14.7 Å². The van der Waals surface area contributed by atoms with Gasteiger partial charge in [0, 0.05) is 19.0 Å². The van der Waals surface area contributed by atoms with Gasteiger partial charge in [-0.3, -0.25) is 9.59 Å². The van der Waals surface area contributed by atoms with Gasteiger partial charge in [-0.2, -0.15) is 0 Å². The van der Waals surface area contributed by atoms with Crippen LogP contribution in [0.25, 0.3) is 0 Å². The summed E-state index contributed by atoms with van der Waals surface area (Å²) in [4.78, 5) is 25.5. The minimum Gasteiger partial charge on any atom is -0.481 e. The largest absolute Gasteiger partial charge is 0.481 e. The van der Waals surface area contributed by atoms with E-state index in [0.717, 1.165) is 0 Å². The van der Waals surface area contributed by atoms with Crippen LogP contribution in [0.3, 0.4) is 0 Å². The van der Waals surface area contributed by atoms with Crippen molar-refractivity contribution in [2.24, 2.45) is 0 Å². The summed E-state index contributed by atoms with van der Waals surface area (Å²) in [5.41, 5.74) is 0. The Hall–Kier alpha value is -1.62. The maximum Gasteiger partial charge on any atom is 0.303 e. The Kier molecular flexibility index (Phi) is 4.72. The molecule has 0 fully saturated rings. The molecule has 0 saturated carbocycles. The molecule has 0 unspecified atom stereocenters. The first-order chi connectivity index (χ1) is 7.59. The fraction of sp³-hybridized carbons (Fsp3) is 0.300. The summed E-state index contributed by atoms with van der Waals surface area (Å²) in [5.74, 6) is -0.907. The van der Waals surface area contributed by atoms with Crippen LogP contribution in [0.1, 0.15) is 19.3 Å². The number of anilines is 1. The molecule has 86 valence electrons. The predicted octanol–water partition coefficient (Wildman–Crippen LogP) is 1.93. The van der Waals surface area contributed by atoms with E-state index in [2.05, 4.69) is 10.3 Å². The second kappa shape index (κ2) is 6.07. The number of carbonyl (C=O) groups excluding carboxylic acids is 1. The van der Waals surface area contributed by atoms with Crippen molar-refractivity contribution in [2.45, 2.75) is 19.3 Å². The number of halogens is 1. The molecule has 0 saturated heterocycles. The summed E-state index contributed by atoms with van der Waals surface area (Å²) in [6, 6.07) is 3.27. The number of aliphatic carboxylic acids is 1. The SMILES string of the molecule is O=C(O)CCCC(=O)Nc1ncccc1Cl. The van der Waals surface area contributed by atoms with Gasteiger partial charge in [-0.1, -0.05) is 11.6 Å². The van der Waals surface area contributed by atoms with Gasteiger partial charge in [-0.15, -0.1) is 0 Å². The van der Waals surface area contributed by atoms with E-state index in [1.807, 2.05) is 0 Å². The summed E-state index contributed by atoms with van der Waals surface area (Å²) in [6.07, 6.45) is 1.92. The second-order valence-electron chi connectivity index (χ2n) is 3.13. The lowest BCUT2D eigenvalue weighted by atomic mass is 10.2. The van der Waals surface area contributed by atoms with E-state index in [4.69, 9.17) is 16.7 Å². The number of amides is 1. The Morgan fingerprint density at radius 3 is 2.81 bits per heavy atom. The van der Waals surface area contributed by atoms with E-state index in [1.54, 1.807) is 12.1 Å². The summed E-state index contributed by atoms with van der Waals surface area (Å²) >= 11 is 5.78. The minimum absolute atomic E-state index is 0.0244. The van der Waals surface area contributed by atoms with Gasteiger partial charge in [-0.05, 0) is 18.6 Å². The molecule has 0 bridgehead atoms. The molecule has 5 nitrogen and oxygen atoms in total. The van der Waals surface area contributed by atoms with Gasteiger partial charge >= 0.3 is 5.97 Å². The van der Waals surface area contributed by atoms with Crippen LogP contribution in [0.2, 0.25) is 5.02 Å². The van der Waals surface area contributed by atoms with Crippen LogP contribution in [0.15, 0.2) is 18.3 Å². The molecule has 2 N–H and O–H groups in total. The van der Waals surface area contributed by atoms with Crippen LogP contribution in [-0.4, -0.2) is 22.0 Å². The van der Waals surface area contributed by atoms with Crippen LogP contribution in [0.4, 0.5) is 5.82 Å². The predicted molar refractivity (Wildman–Crippen MR) is 59.4 cm³/mol. The van der Waals surface area contributed by atoms with Crippen molar-refractivity contribution in [3.8, 4) is 0 Å². The Morgan fingerprint density at radius 2 is 2.19 bits per heavy atom. The zero-order chi connectivity index (χ0) is 12.0. The first-order valence-electron chi connectivity index (χ1n) is 4.72. The third kappa shape index (κ3) is 4.27. The van der Waals surface area contributed by atoms with Crippen molar-refractivity contribution in [1.82, 2.24) is 4.98 Å². The van der Waals surface area contributed by atoms with E-state index < -0.39 is 5.97 Å². The topological polar surface area (TPSA) is 79.3 Å². The molecule has 1 heterocycles. The van der Waals surface area contributed by atoms with Gasteiger partial charge in [0.25, 0.3) is 0 Å². The highest BCUT2D eigenvalue weighted by atomic mass is 35.5. The van der Waals surface area contributed by atoms with Crippen molar-refractivity contribution in [2.75, 3.05) is 5.32 Å². The van der Waals surface area contributed by atoms with Gasteiger partial charge in [0.05, 0.1) is 5.02 Å². The Bertz CT molecular complexity index is 395. The van der Waals surface area contributed by atoms with Crippen LogP contribution in [-0.2, 0) is 9.59 Å². The Morgan fingerprint density at radius 1 is 1.44 bits per heavy atom. The number of carboxylic acid groups (broad SMARTS) is 1. The standard InChI is InChI=1S/C10H11ClN2O3/c11-7-3-2-6-12-10(7)13-8(14)4-1-5-9(15)16/h2-3,6H,1,4-5H2,(H,15,16)(H,12,13,14).